The van der Waals surface area contributed by atoms with Gasteiger partial charge in [-0.15, -0.1) is 0 Å². The summed E-state index contributed by atoms with van der Waals surface area (Å²) in [6.45, 7) is 3.77. The summed E-state index contributed by atoms with van der Waals surface area (Å²) >= 11 is 0. The molecule has 0 unspecified atom stereocenters. The zero-order valence-electron chi connectivity index (χ0n) is 15.6. The van der Waals surface area contributed by atoms with Gasteiger partial charge in [-0.2, -0.15) is 0 Å². The molecule has 2 aromatic carbocycles. The third kappa shape index (κ3) is 6.14. The van der Waals surface area contributed by atoms with Crippen molar-refractivity contribution in [2.45, 2.75) is 19.9 Å². The van der Waals surface area contributed by atoms with Crippen LogP contribution in [0.4, 0.5) is 14.5 Å². The van der Waals surface area contributed by atoms with E-state index in [9.17, 15) is 18.4 Å². The van der Waals surface area contributed by atoms with Gasteiger partial charge in [0.25, 0.3) is 5.91 Å². The number of aryl methyl sites for hydroxylation is 1. The summed E-state index contributed by atoms with van der Waals surface area (Å²) in [4.78, 5) is 25.6. The molecule has 0 saturated carbocycles. The Bertz CT molecular complexity index is 809. The van der Waals surface area contributed by atoms with Crippen LogP contribution in [0.15, 0.2) is 42.5 Å². The smallest absolute Gasteiger partial charge is 0.277 e. The topological polar surface area (TPSA) is 66.0 Å². The van der Waals surface area contributed by atoms with Crippen LogP contribution in [-0.4, -0.2) is 36.9 Å². The zero-order chi connectivity index (χ0) is 20.0. The van der Waals surface area contributed by atoms with Gasteiger partial charge in [-0.05, 0) is 44.2 Å². The number of nitrogens with two attached hydrogens (primary N) is 1. The summed E-state index contributed by atoms with van der Waals surface area (Å²) in [7, 11) is 1.55. The maximum atomic E-state index is 13.3. The van der Waals surface area contributed by atoms with Crippen LogP contribution in [0.25, 0.3) is 0 Å². The molecule has 144 valence electrons. The van der Waals surface area contributed by atoms with Crippen molar-refractivity contribution in [3.05, 3.63) is 65.2 Å². The molecule has 5 nitrogen and oxygen atoms in total. The van der Waals surface area contributed by atoms with Crippen LogP contribution in [0.5, 0.6) is 0 Å². The lowest BCUT2D eigenvalue weighted by Gasteiger charge is -2.18. The van der Waals surface area contributed by atoms with Gasteiger partial charge in [-0.25, -0.2) is 8.78 Å². The molecule has 0 bridgehead atoms. The number of likely N-dealkylation sites (N-methyl/N-ethyl adjacent to an activating group) is 1. The van der Waals surface area contributed by atoms with Gasteiger partial charge in [0.2, 0.25) is 5.91 Å². The van der Waals surface area contributed by atoms with Crippen LogP contribution < -0.4 is 10.6 Å². The quantitative estimate of drug-likeness (QED) is 0.776. The predicted molar refractivity (Wildman–Crippen MR) is 99.0 cm³/mol. The summed E-state index contributed by atoms with van der Waals surface area (Å²) < 4.78 is 26.3. The Labute approximate surface area is 157 Å². The van der Waals surface area contributed by atoms with Gasteiger partial charge < -0.3 is 15.5 Å². The van der Waals surface area contributed by atoms with Gasteiger partial charge in [0, 0.05) is 18.3 Å². The highest BCUT2D eigenvalue weighted by molar-refractivity contribution is 5.94. The standard InChI is InChI=1S/C20H23F2N3O2/c1-13-4-7-16(8-5-13)24-19(26)12-25(3)20(27)11-23-14(2)15-6-9-17(21)18(22)10-15/h4-10,14,23H,11-12H2,1-3H3,(H,24,26)/p+1/t14-/m0/s1. The lowest BCUT2D eigenvalue weighted by Crippen LogP contribution is -2.87. The largest absolute Gasteiger partial charge is 0.333 e. The Morgan fingerprint density at radius 3 is 2.41 bits per heavy atom. The maximum Gasteiger partial charge on any atom is 0.277 e. The molecule has 1 atom stereocenters. The van der Waals surface area contributed by atoms with Crippen LogP contribution in [0.2, 0.25) is 0 Å². The third-order valence-corrected chi connectivity index (χ3v) is 4.26. The van der Waals surface area contributed by atoms with E-state index in [2.05, 4.69) is 5.32 Å². The highest BCUT2D eigenvalue weighted by Gasteiger charge is 2.18. The molecule has 0 fully saturated rings. The fourth-order valence-electron chi connectivity index (χ4n) is 2.51. The van der Waals surface area contributed by atoms with Crippen LogP contribution in [0, 0.1) is 18.6 Å². The molecule has 0 saturated heterocycles. The minimum absolute atomic E-state index is 0.0693. The number of benzene rings is 2. The molecule has 0 spiro atoms. The Hall–Kier alpha value is -2.80. The summed E-state index contributed by atoms with van der Waals surface area (Å²) in [5, 5.41) is 4.45. The fourth-order valence-corrected chi connectivity index (χ4v) is 2.51. The SMILES string of the molecule is Cc1ccc(NC(=O)CN(C)C(=O)C[NH2+][C@@H](C)c2ccc(F)c(F)c2)cc1. The van der Waals surface area contributed by atoms with Crippen molar-refractivity contribution >= 4 is 17.5 Å². The first-order valence-electron chi connectivity index (χ1n) is 8.65. The molecule has 2 amide bonds. The number of amides is 2. The summed E-state index contributed by atoms with van der Waals surface area (Å²) in [5.41, 5.74) is 2.34. The number of rotatable bonds is 7. The van der Waals surface area contributed by atoms with Gasteiger partial charge in [-0.3, -0.25) is 9.59 Å². The van der Waals surface area contributed by atoms with E-state index < -0.39 is 11.6 Å². The third-order valence-electron chi connectivity index (χ3n) is 4.26. The van der Waals surface area contributed by atoms with Crippen molar-refractivity contribution in [1.29, 1.82) is 0 Å². The number of anilines is 1. The number of carbonyl (C=O) groups excluding carboxylic acids is 2. The van der Waals surface area contributed by atoms with Gasteiger partial charge in [0.15, 0.2) is 18.2 Å². The zero-order valence-corrected chi connectivity index (χ0v) is 15.6. The number of carbonyl (C=O) groups is 2. The number of halogens is 2. The van der Waals surface area contributed by atoms with E-state index in [0.717, 1.165) is 17.7 Å². The van der Waals surface area contributed by atoms with Crippen molar-refractivity contribution in [1.82, 2.24) is 4.90 Å². The van der Waals surface area contributed by atoms with Crippen LogP contribution in [0.1, 0.15) is 24.1 Å². The maximum absolute atomic E-state index is 13.3. The molecule has 3 N–H and O–H groups in total. The Morgan fingerprint density at radius 2 is 1.78 bits per heavy atom. The Kier molecular flexibility index (Phi) is 7.01. The second-order valence-corrected chi connectivity index (χ2v) is 6.57. The molecule has 0 aromatic heterocycles. The first kappa shape index (κ1) is 20.5. The second-order valence-electron chi connectivity index (χ2n) is 6.57. The first-order valence-corrected chi connectivity index (χ1v) is 8.65. The van der Waals surface area contributed by atoms with Crippen molar-refractivity contribution < 1.29 is 23.7 Å². The van der Waals surface area contributed by atoms with Gasteiger partial charge >= 0.3 is 0 Å². The normalized spacial score (nSPS) is 11.7. The average molecular weight is 376 g/mol. The number of quaternary nitrogens is 1. The fraction of sp³-hybridized carbons (Fsp3) is 0.300. The van der Waals surface area contributed by atoms with Gasteiger partial charge in [0.05, 0.1) is 6.54 Å². The Balaban J connectivity index is 1.81. The van der Waals surface area contributed by atoms with E-state index in [0.29, 0.717) is 11.3 Å². The molecule has 27 heavy (non-hydrogen) atoms. The molecule has 7 heteroatoms. The molecule has 2 aromatic rings. The average Bonchev–Trinajstić information content (AvgIpc) is 2.63. The van der Waals surface area contributed by atoms with Crippen LogP contribution in [-0.2, 0) is 9.59 Å². The number of nitrogens with zero attached hydrogens (tertiary/aromatic N) is 1. The van der Waals surface area contributed by atoms with Crippen LogP contribution in [0.3, 0.4) is 0 Å². The number of nitrogens with one attached hydrogen (secondary N) is 1. The molecule has 0 aliphatic heterocycles. The monoisotopic (exact) mass is 376 g/mol. The van der Waals surface area contributed by atoms with E-state index in [1.807, 2.05) is 19.1 Å². The van der Waals surface area contributed by atoms with Gasteiger partial charge in [0.1, 0.15) is 6.04 Å². The highest BCUT2D eigenvalue weighted by atomic mass is 19.2. The van der Waals surface area contributed by atoms with Crippen molar-refractivity contribution in [3.8, 4) is 0 Å². The van der Waals surface area contributed by atoms with E-state index in [-0.39, 0.29) is 30.9 Å². The number of hydrogen-bond acceptors (Lipinski definition) is 2. The molecule has 2 rings (SSSR count). The lowest BCUT2D eigenvalue weighted by atomic mass is 10.1. The van der Waals surface area contributed by atoms with Crippen molar-refractivity contribution in [2.75, 3.05) is 25.5 Å². The predicted octanol–water partition coefficient (Wildman–Crippen LogP) is 1.99. The Morgan fingerprint density at radius 1 is 1.11 bits per heavy atom. The van der Waals surface area contributed by atoms with Crippen LogP contribution >= 0.6 is 0 Å². The van der Waals surface area contributed by atoms with Crippen molar-refractivity contribution in [3.63, 3.8) is 0 Å². The van der Waals surface area contributed by atoms with E-state index in [1.54, 1.807) is 31.4 Å². The lowest BCUT2D eigenvalue weighted by molar-refractivity contribution is -0.683. The summed E-state index contributed by atoms with van der Waals surface area (Å²) in [6.07, 6.45) is 0. The highest BCUT2D eigenvalue weighted by Crippen LogP contribution is 2.13. The molecular formula is C20H24F2N3O2+. The van der Waals surface area contributed by atoms with E-state index in [4.69, 9.17) is 0 Å². The summed E-state index contributed by atoms with van der Waals surface area (Å²) in [5.74, 6) is -2.34. The number of hydrogen-bond donors (Lipinski definition) is 2. The molecule has 0 heterocycles. The molecule has 0 aliphatic rings. The minimum atomic E-state index is -0.913. The minimum Gasteiger partial charge on any atom is -0.333 e. The summed E-state index contributed by atoms with van der Waals surface area (Å²) in [6, 6.07) is 10.8. The van der Waals surface area contributed by atoms with E-state index >= 15 is 0 Å². The molecule has 0 aliphatic carbocycles. The molecular weight excluding hydrogens is 352 g/mol. The van der Waals surface area contributed by atoms with E-state index in [1.165, 1.54) is 11.0 Å². The first-order chi connectivity index (χ1) is 12.8. The van der Waals surface area contributed by atoms with Crippen molar-refractivity contribution in [2.24, 2.45) is 0 Å². The van der Waals surface area contributed by atoms with Gasteiger partial charge in [-0.1, -0.05) is 17.7 Å². The molecule has 0 radical (unpaired) electrons. The second kappa shape index (κ2) is 9.23.